The fourth-order valence-electron chi connectivity index (χ4n) is 2.21. The van der Waals surface area contributed by atoms with Gasteiger partial charge in [0.2, 0.25) is 0 Å². The summed E-state index contributed by atoms with van der Waals surface area (Å²) in [6.45, 7) is 0.832. The lowest BCUT2D eigenvalue weighted by molar-refractivity contribution is 0.517. The predicted octanol–water partition coefficient (Wildman–Crippen LogP) is 3.21. The zero-order valence-corrected chi connectivity index (χ0v) is 8.88. The molecule has 0 saturated heterocycles. The fourth-order valence-corrected chi connectivity index (χ4v) is 2.21. The van der Waals surface area contributed by atoms with Crippen molar-refractivity contribution >= 4 is 5.82 Å². The van der Waals surface area contributed by atoms with Crippen molar-refractivity contribution in [2.24, 2.45) is 5.92 Å². The minimum atomic E-state index is -0.260. The highest BCUT2D eigenvalue weighted by atomic mass is 19.1. The van der Waals surface area contributed by atoms with Crippen molar-refractivity contribution in [1.82, 2.24) is 4.98 Å². The van der Waals surface area contributed by atoms with E-state index < -0.39 is 0 Å². The number of nitrogens with zero attached hydrogens (tertiary/aromatic N) is 1. The minimum absolute atomic E-state index is 0.260. The van der Waals surface area contributed by atoms with Gasteiger partial charge in [-0.2, -0.15) is 0 Å². The molecule has 0 aromatic carbocycles. The summed E-state index contributed by atoms with van der Waals surface area (Å²) in [5.74, 6) is 0.962. The van der Waals surface area contributed by atoms with E-state index in [9.17, 15) is 4.39 Å². The number of anilines is 1. The third-order valence-electron chi connectivity index (χ3n) is 3.08. The normalized spacial score (nSPS) is 16.9. The van der Waals surface area contributed by atoms with Crippen molar-refractivity contribution in [3.8, 4) is 0 Å². The van der Waals surface area contributed by atoms with Gasteiger partial charge >= 0.3 is 0 Å². The van der Waals surface area contributed by atoms with Crippen LogP contribution in [0, 0.1) is 11.7 Å². The van der Waals surface area contributed by atoms with Gasteiger partial charge in [0, 0.05) is 12.7 Å². The molecule has 15 heavy (non-hydrogen) atoms. The molecule has 0 unspecified atom stereocenters. The van der Waals surface area contributed by atoms with Crippen LogP contribution in [-0.2, 0) is 0 Å². The molecular formula is C12H17FN2. The minimum Gasteiger partial charge on any atom is -0.368 e. The van der Waals surface area contributed by atoms with Crippen LogP contribution in [0.15, 0.2) is 18.3 Å². The van der Waals surface area contributed by atoms with Crippen LogP contribution in [0.1, 0.15) is 32.1 Å². The Balaban J connectivity index is 1.75. The molecule has 0 amide bonds. The van der Waals surface area contributed by atoms with Crippen LogP contribution in [0.2, 0.25) is 0 Å². The van der Waals surface area contributed by atoms with Crippen molar-refractivity contribution in [3.63, 3.8) is 0 Å². The zero-order valence-electron chi connectivity index (χ0n) is 8.88. The number of hydrogen-bond donors (Lipinski definition) is 1. The maximum atomic E-state index is 13.2. The highest BCUT2D eigenvalue weighted by molar-refractivity contribution is 5.35. The molecule has 0 bridgehead atoms. The van der Waals surface area contributed by atoms with Crippen LogP contribution >= 0.6 is 0 Å². The maximum Gasteiger partial charge on any atom is 0.165 e. The zero-order chi connectivity index (χ0) is 10.5. The second kappa shape index (κ2) is 5.10. The molecule has 3 heteroatoms. The van der Waals surface area contributed by atoms with Crippen LogP contribution in [-0.4, -0.2) is 11.5 Å². The summed E-state index contributed by atoms with van der Waals surface area (Å²) in [4.78, 5) is 3.96. The van der Waals surface area contributed by atoms with Crippen LogP contribution in [0.5, 0.6) is 0 Å². The summed E-state index contributed by atoms with van der Waals surface area (Å²) in [5, 5.41) is 3.05. The van der Waals surface area contributed by atoms with Gasteiger partial charge in [-0.1, -0.05) is 25.7 Å². The predicted molar refractivity (Wildman–Crippen MR) is 59.3 cm³/mol. The maximum absolute atomic E-state index is 13.2. The van der Waals surface area contributed by atoms with Gasteiger partial charge in [0.1, 0.15) is 0 Å². The number of hydrogen-bond acceptors (Lipinski definition) is 2. The number of aromatic nitrogens is 1. The molecule has 0 radical (unpaired) electrons. The van der Waals surface area contributed by atoms with Crippen LogP contribution in [0.25, 0.3) is 0 Å². The first-order valence-electron chi connectivity index (χ1n) is 5.70. The first-order chi connectivity index (χ1) is 7.36. The number of rotatable bonds is 4. The van der Waals surface area contributed by atoms with Crippen molar-refractivity contribution in [2.45, 2.75) is 32.1 Å². The average Bonchev–Trinajstić information content (AvgIpc) is 2.74. The summed E-state index contributed by atoms with van der Waals surface area (Å²) in [5.41, 5.74) is 0. The van der Waals surface area contributed by atoms with Gasteiger partial charge in [-0.25, -0.2) is 9.37 Å². The molecule has 0 aliphatic heterocycles. The summed E-state index contributed by atoms with van der Waals surface area (Å²) < 4.78 is 13.2. The Morgan fingerprint density at radius 1 is 1.40 bits per heavy atom. The largest absolute Gasteiger partial charge is 0.368 e. The Morgan fingerprint density at radius 2 is 2.20 bits per heavy atom. The van der Waals surface area contributed by atoms with E-state index in [1.807, 2.05) is 0 Å². The first kappa shape index (κ1) is 10.4. The van der Waals surface area contributed by atoms with Gasteiger partial charge in [-0.05, 0) is 24.5 Å². The second-order valence-corrected chi connectivity index (χ2v) is 4.20. The van der Waals surface area contributed by atoms with E-state index >= 15 is 0 Å². The Morgan fingerprint density at radius 3 is 2.93 bits per heavy atom. The summed E-state index contributed by atoms with van der Waals surface area (Å²) in [7, 11) is 0. The molecule has 1 aliphatic carbocycles. The Labute approximate surface area is 89.9 Å². The molecule has 2 nitrogen and oxygen atoms in total. The van der Waals surface area contributed by atoms with Gasteiger partial charge in [-0.3, -0.25) is 0 Å². The smallest absolute Gasteiger partial charge is 0.165 e. The standard InChI is InChI=1S/C12H17FN2/c13-11-6-3-8-14-12(11)15-9-7-10-4-1-2-5-10/h3,6,8,10H,1-2,4-5,7,9H2,(H,14,15). The van der Waals surface area contributed by atoms with Crippen molar-refractivity contribution < 1.29 is 4.39 Å². The van der Waals surface area contributed by atoms with Crippen molar-refractivity contribution in [3.05, 3.63) is 24.1 Å². The lowest BCUT2D eigenvalue weighted by Gasteiger charge is -2.10. The van der Waals surface area contributed by atoms with E-state index in [2.05, 4.69) is 10.3 Å². The lowest BCUT2D eigenvalue weighted by atomic mass is 10.0. The van der Waals surface area contributed by atoms with E-state index in [-0.39, 0.29) is 5.82 Å². The summed E-state index contributed by atoms with van der Waals surface area (Å²) >= 11 is 0. The molecule has 0 spiro atoms. The quantitative estimate of drug-likeness (QED) is 0.821. The third-order valence-corrected chi connectivity index (χ3v) is 3.08. The van der Waals surface area contributed by atoms with Gasteiger partial charge in [0.05, 0.1) is 0 Å². The molecule has 1 fully saturated rings. The Kier molecular flexibility index (Phi) is 3.54. The first-order valence-corrected chi connectivity index (χ1v) is 5.70. The molecule has 1 aromatic heterocycles. The summed E-state index contributed by atoms with van der Waals surface area (Å²) in [6, 6.07) is 3.04. The van der Waals surface area contributed by atoms with Crippen LogP contribution in [0.4, 0.5) is 10.2 Å². The molecule has 1 aliphatic rings. The van der Waals surface area contributed by atoms with Crippen LogP contribution in [0.3, 0.4) is 0 Å². The molecule has 1 saturated carbocycles. The highest BCUT2D eigenvalue weighted by Gasteiger charge is 2.14. The Bertz CT molecular complexity index is 308. The highest BCUT2D eigenvalue weighted by Crippen LogP contribution is 2.27. The van der Waals surface area contributed by atoms with E-state index in [4.69, 9.17) is 0 Å². The average molecular weight is 208 g/mol. The molecule has 0 atom stereocenters. The van der Waals surface area contributed by atoms with E-state index in [0.29, 0.717) is 5.82 Å². The molecule has 1 aromatic rings. The Hall–Kier alpha value is -1.12. The van der Waals surface area contributed by atoms with Gasteiger partial charge in [0.25, 0.3) is 0 Å². The van der Waals surface area contributed by atoms with Gasteiger partial charge in [-0.15, -0.1) is 0 Å². The molecule has 82 valence electrons. The molecular weight excluding hydrogens is 191 g/mol. The van der Waals surface area contributed by atoms with E-state index in [0.717, 1.165) is 18.9 Å². The monoisotopic (exact) mass is 208 g/mol. The molecule has 1 heterocycles. The number of nitrogens with one attached hydrogen (secondary N) is 1. The third kappa shape index (κ3) is 2.91. The summed E-state index contributed by atoms with van der Waals surface area (Å²) in [6.07, 6.45) is 8.15. The molecule has 2 rings (SSSR count). The second-order valence-electron chi connectivity index (χ2n) is 4.20. The number of pyridine rings is 1. The van der Waals surface area contributed by atoms with E-state index in [1.165, 1.54) is 31.7 Å². The number of halogens is 1. The van der Waals surface area contributed by atoms with Gasteiger partial charge < -0.3 is 5.32 Å². The van der Waals surface area contributed by atoms with Crippen molar-refractivity contribution in [1.29, 1.82) is 0 Å². The lowest BCUT2D eigenvalue weighted by Crippen LogP contribution is -2.08. The molecule has 1 N–H and O–H groups in total. The fraction of sp³-hybridized carbons (Fsp3) is 0.583. The van der Waals surface area contributed by atoms with E-state index in [1.54, 1.807) is 12.3 Å². The SMILES string of the molecule is Fc1cccnc1NCCC1CCCC1. The van der Waals surface area contributed by atoms with Crippen LogP contribution < -0.4 is 5.32 Å². The van der Waals surface area contributed by atoms with Crippen molar-refractivity contribution in [2.75, 3.05) is 11.9 Å². The topological polar surface area (TPSA) is 24.9 Å². The van der Waals surface area contributed by atoms with Gasteiger partial charge in [0.15, 0.2) is 11.6 Å².